The molecule has 84 valence electrons. The zero-order valence-corrected chi connectivity index (χ0v) is 10.4. The van der Waals surface area contributed by atoms with Gasteiger partial charge < -0.3 is 5.73 Å². The molecule has 0 aliphatic carbocycles. The molecule has 0 unspecified atom stereocenters. The number of nitrogen functional groups attached to an aromatic ring is 1. The second-order valence-corrected chi connectivity index (χ2v) is 5.33. The van der Waals surface area contributed by atoms with Gasteiger partial charge in [0.1, 0.15) is 17.2 Å². The highest BCUT2D eigenvalue weighted by atomic mass is 32.1. The van der Waals surface area contributed by atoms with Gasteiger partial charge in [0.2, 0.25) is 0 Å². The van der Waals surface area contributed by atoms with Crippen LogP contribution >= 0.6 is 11.3 Å². The molecule has 16 heavy (non-hydrogen) atoms. The smallest absolute Gasteiger partial charge is 0.145 e. The number of nitrogens with two attached hydrogens (primary N) is 1. The van der Waals surface area contributed by atoms with Crippen LogP contribution in [0.1, 0.15) is 26.5 Å². The Kier molecular flexibility index (Phi) is 2.63. The zero-order chi connectivity index (χ0) is 11.8. The maximum Gasteiger partial charge on any atom is 0.145 e. The van der Waals surface area contributed by atoms with E-state index < -0.39 is 0 Å². The van der Waals surface area contributed by atoms with Crippen LogP contribution in [0, 0.1) is 0 Å². The van der Waals surface area contributed by atoms with Crippen LogP contribution in [0.15, 0.2) is 17.1 Å². The Morgan fingerprint density at radius 2 is 1.94 bits per heavy atom. The van der Waals surface area contributed by atoms with E-state index in [4.69, 9.17) is 5.73 Å². The Balaban J connectivity index is 2.52. The lowest BCUT2D eigenvalue weighted by Crippen LogP contribution is -2.17. The van der Waals surface area contributed by atoms with Gasteiger partial charge in [-0.15, -0.1) is 11.3 Å². The lowest BCUT2D eigenvalue weighted by molar-refractivity contribution is 0.569. The Morgan fingerprint density at radius 3 is 2.50 bits per heavy atom. The summed E-state index contributed by atoms with van der Waals surface area (Å²) in [5, 5.41) is 1.95. The normalized spacial score (nSPS) is 11.7. The molecule has 2 rings (SSSR count). The molecule has 0 atom stereocenters. The van der Waals surface area contributed by atoms with Gasteiger partial charge in [-0.05, 0) is 0 Å². The molecule has 2 heterocycles. The zero-order valence-electron chi connectivity index (χ0n) is 9.56. The highest BCUT2D eigenvalue weighted by molar-refractivity contribution is 7.07. The van der Waals surface area contributed by atoms with Gasteiger partial charge in [-0.3, -0.25) is 0 Å². The molecule has 2 aromatic heterocycles. The standard InChI is InChI=1S/C11H14N4S/c1-11(2,3)9-10(12)13-4-7(15-9)8-5-16-6-14-8/h4-6H,1-3H3,(H2,12,13). The van der Waals surface area contributed by atoms with Gasteiger partial charge in [-0.2, -0.15) is 0 Å². The minimum Gasteiger partial charge on any atom is -0.382 e. The molecule has 0 amide bonds. The Labute approximate surface area is 98.6 Å². The highest BCUT2D eigenvalue weighted by Crippen LogP contribution is 2.26. The topological polar surface area (TPSA) is 64.7 Å². The van der Waals surface area contributed by atoms with Gasteiger partial charge in [0.05, 0.1) is 17.4 Å². The van der Waals surface area contributed by atoms with Crippen molar-refractivity contribution in [3.63, 3.8) is 0 Å². The first kappa shape index (κ1) is 11.0. The predicted octanol–water partition coefficient (Wildman–Crippen LogP) is 2.48. The van der Waals surface area contributed by atoms with Gasteiger partial charge in [-0.1, -0.05) is 20.8 Å². The average molecular weight is 234 g/mol. The summed E-state index contributed by atoms with van der Waals surface area (Å²) in [6.45, 7) is 6.20. The van der Waals surface area contributed by atoms with Gasteiger partial charge in [0.15, 0.2) is 0 Å². The van der Waals surface area contributed by atoms with Crippen LogP contribution in [-0.2, 0) is 5.41 Å². The molecule has 0 saturated heterocycles. The number of aromatic nitrogens is 3. The third-order valence-electron chi connectivity index (χ3n) is 2.21. The molecular formula is C11H14N4S. The Bertz CT molecular complexity index is 485. The van der Waals surface area contributed by atoms with Gasteiger partial charge in [0, 0.05) is 10.8 Å². The van der Waals surface area contributed by atoms with Gasteiger partial charge >= 0.3 is 0 Å². The third kappa shape index (κ3) is 2.04. The van der Waals surface area contributed by atoms with E-state index in [1.54, 1.807) is 23.0 Å². The van der Waals surface area contributed by atoms with Crippen molar-refractivity contribution in [2.75, 3.05) is 5.73 Å². The van der Waals surface area contributed by atoms with E-state index in [2.05, 4.69) is 35.7 Å². The van der Waals surface area contributed by atoms with Gasteiger partial charge in [0.25, 0.3) is 0 Å². The quantitative estimate of drug-likeness (QED) is 0.823. The summed E-state index contributed by atoms with van der Waals surface area (Å²) in [7, 11) is 0. The first-order valence-corrected chi connectivity index (χ1v) is 5.94. The third-order valence-corrected chi connectivity index (χ3v) is 2.79. The van der Waals surface area contributed by atoms with E-state index >= 15 is 0 Å². The van der Waals surface area contributed by atoms with Crippen molar-refractivity contribution in [3.8, 4) is 11.4 Å². The second kappa shape index (κ2) is 3.83. The van der Waals surface area contributed by atoms with Crippen molar-refractivity contribution >= 4 is 17.2 Å². The molecule has 4 nitrogen and oxygen atoms in total. The fourth-order valence-electron chi connectivity index (χ4n) is 1.41. The summed E-state index contributed by atoms with van der Waals surface area (Å²) in [5.74, 6) is 0.492. The van der Waals surface area contributed by atoms with Crippen molar-refractivity contribution in [2.45, 2.75) is 26.2 Å². The molecule has 0 spiro atoms. The summed E-state index contributed by atoms with van der Waals surface area (Å²) in [6, 6.07) is 0. The molecule has 0 radical (unpaired) electrons. The fraction of sp³-hybridized carbons (Fsp3) is 0.364. The first-order chi connectivity index (χ1) is 7.48. The van der Waals surface area contributed by atoms with Crippen molar-refractivity contribution in [3.05, 3.63) is 22.8 Å². The maximum atomic E-state index is 5.84. The van der Waals surface area contributed by atoms with E-state index in [1.165, 1.54) is 0 Å². The van der Waals surface area contributed by atoms with E-state index in [0.717, 1.165) is 17.1 Å². The van der Waals surface area contributed by atoms with Crippen LogP contribution in [0.5, 0.6) is 0 Å². The van der Waals surface area contributed by atoms with Crippen LogP contribution in [0.25, 0.3) is 11.4 Å². The summed E-state index contributed by atoms with van der Waals surface area (Å²) >= 11 is 1.54. The average Bonchev–Trinajstić information content (AvgIpc) is 2.69. The van der Waals surface area contributed by atoms with Crippen LogP contribution in [0.2, 0.25) is 0 Å². The largest absolute Gasteiger partial charge is 0.382 e. The van der Waals surface area contributed by atoms with Crippen LogP contribution < -0.4 is 5.73 Å². The number of nitrogens with zero attached hydrogens (tertiary/aromatic N) is 3. The van der Waals surface area contributed by atoms with Crippen LogP contribution in [0.3, 0.4) is 0 Å². The number of rotatable bonds is 1. The molecule has 0 aliphatic rings. The van der Waals surface area contributed by atoms with Crippen molar-refractivity contribution in [2.24, 2.45) is 0 Å². The molecule has 0 aromatic carbocycles. The molecule has 5 heteroatoms. The predicted molar refractivity (Wildman–Crippen MR) is 66.3 cm³/mol. The van der Waals surface area contributed by atoms with E-state index in [0.29, 0.717) is 5.82 Å². The van der Waals surface area contributed by atoms with Gasteiger partial charge in [-0.25, -0.2) is 15.0 Å². The Hall–Kier alpha value is -1.49. The minimum absolute atomic E-state index is 0.108. The number of thiazole rings is 1. The summed E-state index contributed by atoms with van der Waals surface area (Å²) < 4.78 is 0. The maximum absolute atomic E-state index is 5.84. The molecule has 0 aliphatic heterocycles. The fourth-order valence-corrected chi connectivity index (χ4v) is 1.96. The van der Waals surface area contributed by atoms with E-state index in [9.17, 15) is 0 Å². The molecule has 0 bridgehead atoms. The van der Waals surface area contributed by atoms with Crippen molar-refractivity contribution < 1.29 is 0 Å². The summed E-state index contributed by atoms with van der Waals surface area (Å²) in [4.78, 5) is 12.9. The first-order valence-electron chi connectivity index (χ1n) is 5.00. The lowest BCUT2D eigenvalue weighted by atomic mass is 9.91. The lowest BCUT2D eigenvalue weighted by Gasteiger charge is -2.19. The van der Waals surface area contributed by atoms with Crippen molar-refractivity contribution in [1.29, 1.82) is 0 Å². The number of hydrogen-bond acceptors (Lipinski definition) is 5. The monoisotopic (exact) mass is 234 g/mol. The molecule has 2 N–H and O–H groups in total. The number of hydrogen-bond donors (Lipinski definition) is 1. The molecule has 0 saturated carbocycles. The SMILES string of the molecule is CC(C)(C)c1nc(-c2cscn2)cnc1N. The van der Waals surface area contributed by atoms with E-state index in [1.807, 2.05) is 5.38 Å². The molecule has 0 fully saturated rings. The summed E-state index contributed by atoms with van der Waals surface area (Å²) in [5.41, 5.74) is 9.96. The second-order valence-electron chi connectivity index (χ2n) is 4.61. The molecular weight excluding hydrogens is 220 g/mol. The van der Waals surface area contributed by atoms with E-state index in [-0.39, 0.29) is 5.41 Å². The van der Waals surface area contributed by atoms with Crippen molar-refractivity contribution in [1.82, 2.24) is 15.0 Å². The summed E-state index contributed by atoms with van der Waals surface area (Å²) in [6.07, 6.45) is 1.67. The number of anilines is 1. The van der Waals surface area contributed by atoms with Crippen LogP contribution in [-0.4, -0.2) is 15.0 Å². The minimum atomic E-state index is -0.108. The van der Waals surface area contributed by atoms with Crippen LogP contribution in [0.4, 0.5) is 5.82 Å². The highest BCUT2D eigenvalue weighted by Gasteiger charge is 2.20. The molecule has 2 aromatic rings. The Morgan fingerprint density at radius 1 is 1.19 bits per heavy atom.